The molecule has 3 atom stereocenters. The van der Waals surface area contributed by atoms with Crippen LogP contribution in [-0.2, 0) is 18.9 Å². The zero-order valence-corrected chi connectivity index (χ0v) is 22.2. The van der Waals surface area contributed by atoms with E-state index in [9.17, 15) is 41.3 Å². The van der Waals surface area contributed by atoms with Crippen LogP contribution in [0.25, 0.3) is 11.8 Å². The van der Waals surface area contributed by atoms with Gasteiger partial charge in [0.05, 0.1) is 27.1 Å². The van der Waals surface area contributed by atoms with Crippen LogP contribution in [0.15, 0.2) is 35.9 Å². The average molecular weight is 615 g/mol. The smallest absolute Gasteiger partial charge is 0.259 e. The third-order valence-corrected chi connectivity index (χ3v) is 9.49. The molecule has 0 aromatic heterocycles. The van der Waals surface area contributed by atoms with Crippen molar-refractivity contribution in [2.75, 3.05) is 12.9 Å². The molecule has 7 N–H and O–H groups in total. The number of halogens is 6. The van der Waals surface area contributed by atoms with Gasteiger partial charge >= 0.3 is 0 Å². The van der Waals surface area contributed by atoms with E-state index in [1.165, 1.54) is 6.07 Å². The maximum atomic E-state index is 14.8. The third kappa shape index (κ3) is 5.38. The van der Waals surface area contributed by atoms with Gasteiger partial charge in [0, 0.05) is 11.8 Å². The number of nitrogens with two attached hydrogens (primary N) is 1. The highest BCUT2D eigenvalue weighted by molar-refractivity contribution is 8.15. The molecule has 39 heavy (non-hydrogen) atoms. The second-order valence-electron chi connectivity index (χ2n) is 8.43. The summed E-state index contributed by atoms with van der Waals surface area (Å²) in [7, 11) is -5.26. The van der Waals surface area contributed by atoms with E-state index in [2.05, 4.69) is 11.6 Å². The molecular formula is C23H22Cl2F4N3O6S+. The van der Waals surface area contributed by atoms with E-state index in [1.54, 1.807) is 0 Å². The largest absolute Gasteiger partial charge is 0.393 e. The van der Waals surface area contributed by atoms with Gasteiger partial charge in [-0.3, -0.25) is 15.2 Å². The van der Waals surface area contributed by atoms with Crippen molar-refractivity contribution in [1.82, 2.24) is 5.43 Å². The minimum atomic E-state index is -5.26. The zero-order valence-electron chi connectivity index (χ0n) is 19.9. The first-order chi connectivity index (χ1) is 18.1. The number of hydrazine groups is 1. The predicted molar refractivity (Wildman–Crippen MR) is 136 cm³/mol. The van der Waals surface area contributed by atoms with Crippen LogP contribution >= 0.6 is 23.2 Å². The minimum absolute atomic E-state index is 0.0502. The Hall–Kier alpha value is -2.69. The molecule has 212 valence electrons. The second-order valence-corrected chi connectivity index (χ2v) is 12.9. The summed E-state index contributed by atoms with van der Waals surface area (Å²) in [6.07, 6.45) is -1.95. The lowest BCUT2D eigenvalue weighted by molar-refractivity contribution is -0.377. The molecule has 0 aliphatic carbocycles. The van der Waals surface area contributed by atoms with Crippen molar-refractivity contribution < 1.29 is 51.1 Å². The van der Waals surface area contributed by atoms with E-state index < -0.39 is 85.2 Å². The summed E-state index contributed by atoms with van der Waals surface area (Å²) in [6.45, 7) is 2.14. The summed E-state index contributed by atoms with van der Waals surface area (Å²) in [5.74, 6) is -3.27. The number of benzene rings is 2. The lowest BCUT2D eigenvalue weighted by atomic mass is 10.0. The van der Waals surface area contributed by atoms with Crippen molar-refractivity contribution in [3.8, 4) is 0 Å². The first-order valence-electron chi connectivity index (χ1n) is 10.7. The van der Waals surface area contributed by atoms with Crippen LogP contribution in [0.2, 0.25) is 10.0 Å². The zero-order chi connectivity index (χ0) is 29.5. The molecule has 0 amide bonds. The Morgan fingerprint density at radius 3 is 2.38 bits per heavy atom. The van der Waals surface area contributed by atoms with Crippen molar-refractivity contribution in [1.29, 1.82) is 0 Å². The highest BCUT2D eigenvalue weighted by Gasteiger charge is 2.53. The molecule has 2 aromatic carbocycles. The molecule has 1 aliphatic rings. The molecule has 1 aliphatic heterocycles. The average Bonchev–Trinajstić information content (AvgIpc) is 2.87. The second kappa shape index (κ2) is 11.1. The van der Waals surface area contributed by atoms with Crippen LogP contribution in [0.1, 0.15) is 11.1 Å². The molecule has 1 saturated heterocycles. The number of ether oxygens (including phenoxy) is 1. The maximum absolute atomic E-state index is 14.8. The van der Waals surface area contributed by atoms with Crippen LogP contribution in [-0.4, -0.2) is 61.0 Å². The van der Waals surface area contributed by atoms with E-state index >= 15 is 0 Å². The fraction of sp³-hybridized carbons (Fsp3) is 0.217. The number of ketones is 1. The summed E-state index contributed by atoms with van der Waals surface area (Å²) in [5.41, 5.74) is -3.99. The number of carbonyl (C=O) groups excluding carboxylic acids is 1. The molecule has 0 bridgehead atoms. The molecule has 1 heterocycles. The number of aliphatic hydroxyl groups excluding tert-OH is 2. The summed E-state index contributed by atoms with van der Waals surface area (Å²) in [5, 5.41) is 20.6. The molecule has 16 heteroatoms. The first kappa shape index (κ1) is 30.8. The van der Waals surface area contributed by atoms with Gasteiger partial charge in [-0.1, -0.05) is 35.9 Å². The van der Waals surface area contributed by atoms with E-state index in [1.807, 2.05) is 5.43 Å². The third-order valence-electron chi connectivity index (χ3n) is 5.89. The Morgan fingerprint density at radius 1 is 1.21 bits per heavy atom. The number of hydrogen-bond acceptors (Lipinski definition) is 7. The van der Waals surface area contributed by atoms with E-state index in [4.69, 9.17) is 33.8 Å². The minimum Gasteiger partial charge on any atom is -0.393 e. The Balaban J connectivity index is 2.19. The van der Waals surface area contributed by atoms with Gasteiger partial charge in [-0.05, 0) is 18.2 Å². The topological polar surface area (TPSA) is 156 Å². The normalized spacial score (nSPS) is 22.5. The highest BCUT2D eigenvalue weighted by Crippen LogP contribution is 2.41. The van der Waals surface area contributed by atoms with E-state index in [-0.39, 0.29) is 14.9 Å². The number of carbonyl (C=O) groups is 1. The van der Waals surface area contributed by atoms with Gasteiger partial charge in [0.1, 0.15) is 11.5 Å². The van der Waals surface area contributed by atoms with Crippen molar-refractivity contribution >= 4 is 55.8 Å². The van der Waals surface area contributed by atoms with Crippen molar-refractivity contribution in [3.63, 3.8) is 0 Å². The van der Waals surface area contributed by atoms with E-state index in [0.717, 1.165) is 18.4 Å². The van der Waals surface area contributed by atoms with Gasteiger partial charge in [0.15, 0.2) is 41.3 Å². The number of nitrogens with one attached hydrogen (secondary N) is 2. The number of aliphatic hydroxyl groups is 2. The Bertz CT molecular complexity index is 1500. The van der Waals surface area contributed by atoms with Gasteiger partial charge in [-0.2, -0.15) is 0 Å². The Labute approximate surface area is 228 Å². The van der Waals surface area contributed by atoms with Crippen molar-refractivity contribution in [2.45, 2.75) is 22.5 Å². The van der Waals surface area contributed by atoms with Crippen LogP contribution < -0.4 is 16.3 Å². The summed E-state index contributed by atoms with van der Waals surface area (Å²) in [4.78, 5) is 14.7. The monoisotopic (exact) mass is 614 g/mol. The van der Waals surface area contributed by atoms with Crippen molar-refractivity contribution in [2.24, 2.45) is 5.84 Å². The molecule has 0 radical (unpaired) electrons. The van der Waals surface area contributed by atoms with Gasteiger partial charge in [0.25, 0.3) is 11.5 Å². The molecule has 2 unspecified atom stereocenters. The number of hydrogen-bond donors (Lipinski definition) is 6. The molecule has 9 nitrogen and oxygen atoms in total. The first-order valence-corrected chi connectivity index (χ1v) is 13.9. The van der Waals surface area contributed by atoms with Gasteiger partial charge in [0.2, 0.25) is 0 Å². The standard InChI is InChI=1S/C23H21Cl2F4N3O6S/c1-3-10-16(26)15(18(28)19(29)17(10)27)13(32-30)7-31-20-21(34)14(8-33)38-23(22(20)35)39(2,36,37)9-4-5-11(24)12(25)6-9/h3-7,14,22-23,32-33,35H,1,8,30H2,2H3,(H,36,37)/p+1/b13-7-,31-20?/t14?,22?,23-/m1/s1. The molecule has 1 fully saturated rings. The summed E-state index contributed by atoms with van der Waals surface area (Å²) in [6, 6.07) is 3.40. The fourth-order valence-corrected chi connectivity index (χ4v) is 6.37. The molecular weight excluding hydrogens is 593 g/mol. The van der Waals surface area contributed by atoms with Crippen LogP contribution in [0.4, 0.5) is 17.6 Å². The van der Waals surface area contributed by atoms with Gasteiger partial charge < -0.3 is 20.4 Å². The summed E-state index contributed by atoms with van der Waals surface area (Å²) < 4.78 is 87.8. The fourth-order valence-electron chi connectivity index (χ4n) is 3.79. The SMILES string of the molecule is C=Cc1c(F)c(F)c(F)c(/C(=C/[NH+]=C2C(=O)C(CO)O[C@H](S(C)(=O)(O)c3ccc(Cl)c(Cl)c3)C2O)NN)c1F. The highest BCUT2D eigenvalue weighted by atomic mass is 35.5. The quantitative estimate of drug-likeness (QED) is 0.0890. The molecule has 2 aromatic rings. The molecule has 0 spiro atoms. The van der Waals surface area contributed by atoms with Crippen LogP contribution in [0.3, 0.4) is 0 Å². The predicted octanol–water partition coefficient (Wildman–Crippen LogP) is 1.11. The lowest BCUT2D eigenvalue weighted by Gasteiger charge is -2.48. The number of Topliss-reactive ketones (excluding diaryl/α,β-unsaturated/α-hetero) is 1. The van der Waals surface area contributed by atoms with Gasteiger partial charge in [-0.15, -0.1) is 9.35 Å². The molecule has 0 saturated carbocycles. The summed E-state index contributed by atoms with van der Waals surface area (Å²) >= 11 is 11.8. The van der Waals surface area contributed by atoms with E-state index in [0.29, 0.717) is 12.3 Å². The van der Waals surface area contributed by atoms with Crippen LogP contribution in [0, 0.1) is 23.3 Å². The Kier molecular flexibility index (Phi) is 8.75. The van der Waals surface area contributed by atoms with Crippen LogP contribution in [0.5, 0.6) is 0 Å². The maximum Gasteiger partial charge on any atom is 0.259 e. The van der Waals surface area contributed by atoms with Gasteiger partial charge in [-0.25, -0.2) is 26.8 Å². The molecule has 3 rings (SSSR count). The Morgan fingerprint density at radius 2 is 1.85 bits per heavy atom. The lowest BCUT2D eigenvalue weighted by Crippen LogP contribution is -2.78. The number of rotatable bonds is 7. The van der Waals surface area contributed by atoms with Crippen molar-refractivity contribution in [3.05, 3.63) is 75.4 Å².